The summed E-state index contributed by atoms with van der Waals surface area (Å²) >= 11 is 0. The maximum atomic E-state index is 10.7. The molecule has 8 heteroatoms. The summed E-state index contributed by atoms with van der Waals surface area (Å²) in [5, 5.41) is 15.8. The molecule has 0 rings (SSSR count). The van der Waals surface area contributed by atoms with Crippen molar-refractivity contribution < 1.29 is 38.9 Å². The van der Waals surface area contributed by atoms with Gasteiger partial charge in [0.05, 0.1) is 12.8 Å². The second kappa shape index (κ2) is 11.7. The van der Waals surface area contributed by atoms with E-state index in [0.717, 1.165) is 0 Å². The third kappa shape index (κ3) is 18.0. The topological polar surface area (TPSA) is 127 Å². The molecule has 2 N–H and O–H groups in total. The molecule has 0 amide bonds. The number of carbonyl (C=O) groups is 4. The van der Waals surface area contributed by atoms with Crippen LogP contribution in [-0.2, 0) is 28.7 Å². The van der Waals surface area contributed by atoms with E-state index in [4.69, 9.17) is 10.2 Å². The molecule has 0 saturated heterocycles. The molecule has 8 nitrogen and oxygen atoms in total. The zero-order valence-corrected chi connectivity index (χ0v) is 11.4. The van der Waals surface area contributed by atoms with Crippen LogP contribution in [0.3, 0.4) is 0 Å². The average molecular weight is 290 g/mol. The van der Waals surface area contributed by atoms with Gasteiger partial charge in [-0.1, -0.05) is 6.58 Å². The molecule has 0 bridgehead atoms. The number of carbonyl (C=O) groups excluding carboxylic acids is 2. The van der Waals surface area contributed by atoms with Crippen molar-refractivity contribution in [3.63, 3.8) is 0 Å². The number of esters is 2. The molecule has 0 aliphatic heterocycles. The zero-order chi connectivity index (χ0) is 16.1. The summed E-state index contributed by atoms with van der Waals surface area (Å²) in [6.45, 7) is 6.39. The van der Waals surface area contributed by atoms with Crippen LogP contribution in [0.25, 0.3) is 0 Å². The Bertz CT molecular complexity index is 358. The molecule has 0 aromatic carbocycles. The minimum Gasteiger partial charge on any atom is -0.481 e. The Morgan fingerprint density at radius 3 is 1.60 bits per heavy atom. The second-order valence-corrected chi connectivity index (χ2v) is 3.54. The van der Waals surface area contributed by atoms with E-state index in [-0.39, 0.29) is 32.0 Å². The molecule has 114 valence electrons. The summed E-state index contributed by atoms with van der Waals surface area (Å²) in [5.74, 6) is -3.01. The van der Waals surface area contributed by atoms with E-state index < -0.39 is 17.9 Å². The van der Waals surface area contributed by atoms with Gasteiger partial charge in [0.15, 0.2) is 0 Å². The highest BCUT2D eigenvalue weighted by atomic mass is 16.6. The minimum absolute atomic E-state index is 0.0747. The first kappa shape index (κ1) is 19.9. The number of carboxylic acids is 2. The Kier molecular flexibility index (Phi) is 11.7. The van der Waals surface area contributed by atoms with Gasteiger partial charge < -0.3 is 19.7 Å². The van der Waals surface area contributed by atoms with Crippen molar-refractivity contribution in [2.45, 2.75) is 26.7 Å². The standard InChI is InChI=1S/C8H12O4.C4H6O4/c1-6(2)8(10)12-5-4-11-7(3)9;5-3(6)1-2-4(7)8/h1,4-5H2,2-3H3;1-2H2,(H,5,6)(H,7,8). The Morgan fingerprint density at radius 2 is 1.30 bits per heavy atom. The van der Waals surface area contributed by atoms with Crippen molar-refractivity contribution in [2.75, 3.05) is 13.2 Å². The lowest BCUT2D eigenvalue weighted by atomic mass is 10.3. The fourth-order valence-corrected chi connectivity index (χ4v) is 0.657. The van der Waals surface area contributed by atoms with Crippen molar-refractivity contribution >= 4 is 23.9 Å². The molecule has 0 aliphatic rings. The largest absolute Gasteiger partial charge is 0.481 e. The van der Waals surface area contributed by atoms with Crippen molar-refractivity contribution in [1.82, 2.24) is 0 Å². The fraction of sp³-hybridized carbons (Fsp3) is 0.500. The van der Waals surface area contributed by atoms with E-state index in [1.807, 2.05) is 0 Å². The van der Waals surface area contributed by atoms with Gasteiger partial charge in [-0.3, -0.25) is 14.4 Å². The average Bonchev–Trinajstić information content (AvgIpc) is 2.32. The van der Waals surface area contributed by atoms with Gasteiger partial charge in [-0.2, -0.15) is 0 Å². The zero-order valence-electron chi connectivity index (χ0n) is 11.4. The Balaban J connectivity index is 0. The molecule has 20 heavy (non-hydrogen) atoms. The maximum absolute atomic E-state index is 10.7. The van der Waals surface area contributed by atoms with Gasteiger partial charge in [0.1, 0.15) is 13.2 Å². The van der Waals surface area contributed by atoms with Gasteiger partial charge in [0, 0.05) is 12.5 Å². The van der Waals surface area contributed by atoms with Crippen LogP contribution in [0.1, 0.15) is 26.7 Å². The van der Waals surface area contributed by atoms with Crippen molar-refractivity contribution in [3.8, 4) is 0 Å². The van der Waals surface area contributed by atoms with Crippen LogP contribution in [0, 0.1) is 0 Å². The summed E-state index contributed by atoms with van der Waals surface area (Å²) in [7, 11) is 0. The molecular formula is C12H18O8. The molecule has 0 radical (unpaired) electrons. The van der Waals surface area contributed by atoms with Crippen LogP contribution in [-0.4, -0.2) is 47.3 Å². The lowest BCUT2D eigenvalue weighted by Gasteiger charge is -2.03. The molecule has 0 aromatic rings. The van der Waals surface area contributed by atoms with Crippen LogP contribution in [0.15, 0.2) is 12.2 Å². The Hall–Kier alpha value is -2.38. The maximum Gasteiger partial charge on any atom is 0.333 e. The van der Waals surface area contributed by atoms with Gasteiger partial charge >= 0.3 is 23.9 Å². The van der Waals surface area contributed by atoms with E-state index >= 15 is 0 Å². The van der Waals surface area contributed by atoms with Crippen molar-refractivity contribution in [3.05, 3.63) is 12.2 Å². The molecule has 0 heterocycles. The van der Waals surface area contributed by atoms with Crippen LogP contribution >= 0.6 is 0 Å². The van der Waals surface area contributed by atoms with Gasteiger partial charge in [0.25, 0.3) is 0 Å². The summed E-state index contributed by atoms with van der Waals surface area (Å²) in [6.07, 6.45) is -0.593. The van der Waals surface area contributed by atoms with Crippen LogP contribution < -0.4 is 0 Å². The van der Waals surface area contributed by atoms with Gasteiger partial charge in [0.2, 0.25) is 0 Å². The molecule has 0 fully saturated rings. The van der Waals surface area contributed by atoms with Crippen molar-refractivity contribution in [2.24, 2.45) is 0 Å². The summed E-state index contributed by atoms with van der Waals surface area (Å²) < 4.78 is 9.16. The monoisotopic (exact) mass is 290 g/mol. The summed E-state index contributed by atoms with van der Waals surface area (Å²) in [6, 6.07) is 0. The van der Waals surface area contributed by atoms with E-state index in [9.17, 15) is 19.2 Å². The number of hydrogen-bond acceptors (Lipinski definition) is 6. The third-order valence-electron chi connectivity index (χ3n) is 1.52. The molecular weight excluding hydrogens is 272 g/mol. The summed E-state index contributed by atoms with van der Waals surface area (Å²) in [5.41, 5.74) is 0.331. The lowest BCUT2D eigenvalue weighted by Crippen LogP contribution is -2.12. The van der Waals surface area contributed by atoms with Crippen molar-refractivity contribution in [1.29, 1.82) is 0 Å². The first-order chi connectivity index (χ1) is 9.16. The van der Waals surface area contributed by atoms with Gasteiger partial charge in [-0.15, -0.1) is 0 Å². The predicted molar refractivity (Wildman–Crippen MR) is 66.9 cm³/mol. The molecule has 0 spiro atoms. The number of aliphatic carboxylic acids is 2. The number of rotatable bonds is 7. The summed E-state index contributed by atoms with van der Waals surface area (Å²) in [4.78, 5) is 40.2. The van der Waals surface area contributed by atoms with E-state index in [1.165, 1.54) is 6.92 Å². The van der Waals surface area contributed by atoms with Crippen LogP contribution in [0.2, 0.25) is 0 Å². The molecule has 0 saturated carbocycles. The third-order valence-corrected chi connectivity index (χ3v) is 1.52. The second-order valence-electron chi connectivity index (χ2n) is 3.54. The molecule has 0 unspecified atom stereocenters. The first-order valence-electron chi connectivity index (χ1n) is 5.56. The van der Waals surface area contributed by atoms with E-state index in [2.05, 4.69) is 16.1 Å². The SMILES string of the molecule is C=C(C)C(=O)OCCOC(C)=O.O=C(O)CCC(=O)O. The predicted octanol–water partition coefficient (Wildman–Crippen LogP) is 0.605. The molecule has 0 aromatic heterocycles. The van der Waals surface area contributed by atoms with Gasteiger partial charge in [-0.25, -0.2) is 4.79 Å². The van der Waals surface area contributed by atoms with E-state index in [1.54, 1.807) is 6.92 Å². The highest BCUT2D eigenvalue weighted by Crippen LogP contribution is 1.91. The fourth-order valence-electron chi connectivity index (χ4n) is 0.657. The minimum atomic E-state index is -1.08. The molecule has 0 aliphatic carbocycles. The van der Waals surface area contributed by atoms with Crippen LogP contribution in [0.5, 0.6) is 0 Å². The highest BCUT2D eigenvalue weighted by Gasteiger charge is 2.02. The number of ether oxygens (including phenoxy) is 2. The number of hydrogen-bond donors (Lipinski definition) is 2. The molecule has 0 atom stereocenters. The normalized spacial score (nSPS) is 8.70. The highest BCUT2D eigenvalue weighted by molar-refractivity contribution is 5.86. The van der Waals surface area contributed by atoms with Crippen LogP contribution in [0.4, 0.5) is 0 Å². The first-order valence-corrected chi connectivity index (χ1v) is 5.56. The lowest BCUT2D eigenvalue weighted by molar-refractivity contribution is -0.148. The quantitative estimate of drug-likeness (QED) is 0.396. The van der Waals surface area contributed by atoms with E-state index in [0.29, 0.717) is 5.57 Å². The Morgan fingerprint density at radius 1 is 0.900 bits per heavy atom. The smallest absolute Gasteiger partial charge is 0.333 e. The number of carboxylic acid groups (broad SMARTS) is 2. The Labute approximate surface area is 116 Å². The van der Waals surface area contributed by atoms with Gasteiger partial charge in [-0.05, 0) is 6.92 Å².